The molecular formula is C17H21FO2. The van der Waals surface area contributed by atoms with Gasteiger partial charge in [0.1, 0.15) is 5.82 Å². The van der Waals surface area contributed by atoms with Crippen LogP contribution in [0.2, 0.25) is 0 Å². The van der Waals surface area contributed by atoms with Crippen LogP contribution in [0, 0.1) is 24.1 Å². The van der Waals surface area contributed by atoms with E-state index in [0.717, 1.165) is 24.0 Å². The minimum absolute atomic E-state index is 0.153. The Balaban J connectivity index is 2.49. The van der Waals surface area contributed by atoms with Gasteiger partial charge in [0, 0.05) is 0 Å². The Labute approximate surface area is 119 Å². The first kappa shape index (κ1) is 14.8. The molecule has 20 heavy (non-hydrogen) atoms. The molecule has 0 saturated carbocycles. The van der Waals surface area contributed by atoms with Gasteiger partial charge < -0.3 is 4.74 Å². The van der Waals surface area contributed by atoms with E-state index in [9.17, 15) is 9.18 Å². The molecule has 1 aliphatic carbocycles. The normalized spacial score (nSPS) is 21.2. The molecule has 1 aliphatic rings. The summed E-state index contributed by atoms with van der Waals surface area (Å²) in [5, 5.41) is 0. The SMILES string of the molecule is COC(=O)C1C(c2ccc(F)c(C)c2)=CCCC1(C)C. The van der Waals surface area contributed by atoms with Gasteiger partial charge in [-0.05, 0) is 54.0 Å². The number of halogens is 1. The predicted molar refractivity (Wildman–Crippen MR) is 77.6 cm³/mol. The number of esters is 1. The van der Waals surface area contributed by atoms with Gasteiger partial charge in [-0.15, -0.1) is 0 Å². The van der Waals surface area contributed by atoms with Crippen LogP contribution < -0.4 is 0 Å². The van der Waals surface area contributed by atoms with Gasteiger partial charge in [0.2, 0.25) is 0 Å². The molecule has 3 heteroatoms. The summed E-state index contributed by atoms with van der Waals surface area (Å²) in [6.07, 6.45) is 3.95. The number of hydrogen-bond acceptors (Lipinski definition) is 2. The van der Waals surface area contributed by atoms with Crippen molar-refractivity contribution in [1.29, 1.82) is 0 Å². The Morgan fingerprint density at radius 3 is 2.70 bits per heavy atom. The summed E-state index contributed by atoms with van der Waals surface area (Å²) in [4.78, 5) is 12.2. The molecule has 0 aliphatic heterocycles. The van der Waals surface area contributed by atoms with Gasteiger partial charge in [-0.1, -0.05) is 26.0 Å². The molecule has 0 aromatic heterocycles. The van der Waals surface area contributed by atoms with Gasteiger partial charge in [0.05, 0.1) is 13.0 Å². The molecule has 0 amide bonds. The number of ether oxygens (including phenoxy) is 1. The van der Waals surface area contributed by atoms with Crippen LogP contribution >= 0.6 is 0 Å². The van der Waals surface area contributed by atoms with Gasteiger partial charge in [-0.2, -0.15) is 0 Å². The van der Waals surface area contributed by atoms with E-state index >= 15 is 0 Å². The van der Waals surface area contributed by atoms with Crippen molar-refractivity contribution < 1.29 is 13.9 Å². The highest BCUT2D eigenvalue weighted by Crippen LogP contribution is 2.45. The monoisotopic (exact) mass is 276 g/mol. The molecule has 1 aromatic rings. The molecule has 2 rings (SSSR count). The van der Waals surface area contributed by atoms with Crippen molar-refractivity contribution in [3.63, 3.8) is 0 Å². The topological polar surface area (TPSA) is 26.3 Å². The van der Waals surface area contributed by atoms with Crippen molar-refractivity contribution in [3.05, 3.63) is 41.2 Å². The maximum Gasteiger partial charge on any atom is 0.313 e. The lowest BCUT2D eigenvalue weighted by Gasteiger charge is -2.37. The van der Waals surface area contributed by atoms with Crippen LogP contribution in [-0.4, -0.2) is 13.1 Å². The minimum Gasteiger partial charge on any atom is -0.469 e. The second-order valence-electron chi connectivity index (χ2n) is 6.11. The van der Waals surface area contributed by atoms with E-state index in [2.05, 4.69) is 19.9 Å². The second kappa shape index (κ2) is 5.39. The highest BCUT2D eigenvalue weighted by molar-refractivity contribution is 5.90. The fraction of sp³-hybridized carbons (Fsp3) is 0.471. The van der Waals surface area contributed by atoms with Crippen LogP contribution in [0.3, 0.4) is 0 Å². The molecule has 0 fully saturated rings. The number of benzene rings is 1. The summed E-state index contributed by atoms with van der Waals surface area (Å²) in [5.74, 6) is -0.743. The largest absolute Gasteiger partial charge is 0.469 e. The van der Waals surface area contributed by atoms with Crippen LogP contribution in [0.1, 0.15) is 37.8 Å². The molecule has 1 atom stereocenters. The molecule has 1 unspecified atom stereocenters. The minimum atomic E-state index is -0.300. The van der Waals surface area contributed by atoms with E-state index in [1.807, 2.05) is 0 Å². The summed E-state index contributed by atoms with van der Waals surface area (Å²) in [6.45, 7) is 5.90. The van der Waals surface area contributed by atoms with Crippen LogP contribution in [0.25, 0.3) is 5.57 Å². The van der Waals surface area contributed by atoms with Gasteiger partial charge in [0.25, 0.3) is 0 Å². The summed E-state index contributed by atoms with van der Waals surface area (Å²) in [6, 6.07) is 5.01. The van der Waals surface area contributed by atoms with E-state index in [1.54, 1.807) is 19.1 Å². The number of hydrogen-bond donors (Lipinski definition) is 0. The average molecular weight is 276 g/mol. The lowest BCUT2D eigenvalue weighted by molar-refractivity contribution is -0.147. The molecule has 2 nitrogen and oxygen atoms in total. The molecule has 108 valence electrons. The third kappa shape index (κ3) is 2.62. The average Bonchev–Trinajstić information content (AvgIpc) is 2.40. The molecule has 1 aromatic carbocycles. The molecule has 0 radical (unpaired) electrons. The molecule has 0 bridgehead atoms. The van der Waals surface area contributed by atoms with E-state index < -0.39 is 0 Å². The lowest BCUT2D eigenvalue weighted by atomic mass is 9.67. The molecule has 0 heterocycles. The Morgan fingerprint density at radius 1 is 1.40 bits per heavy atom. The molecule has 0 spiro atoms. The maximum atomic E-state index is 13.4. The summed E-state index contributed by atoms with van der Waals surface area (Å²) < 4.78 is 18.4. The molecule has 0 N–H and O–H groups in total. The summed E-state index contributed by atoms with van der Waals surface area (Å²) in [5.41, 5.74) is 2.30. The van der Waals surface area contributed by atoms with Crippen molar-refractivity contribution in [2.24, 2.45) is 11.3 Å². The first-order chi connectivity index (χ1) is 9.36. The Hall–Kier alpha value is -1.64. The third-order valence-electron chi connectivity index (χ3n) is 4.17. The maximum absolute atomic E-state index is 13.4. The zero-order chi connectivity index (χ0) is 14.9. The first-order valence-corrected chi connectivity index (χ1v) is 6.91. The highest BCUT2D eigenvalue weighted by Gasteiger charge is 2.40. The third-order valence-corrected chi connectivity index (χ3v) is 4.17. The Bertz CT molecular complexity index is 558. The van der Waals surface area contributed by atoms with Gasteiger partial charge in [0.15, 0.2) is 0 Å². The fourth-order valence-electron chi connectivity index (χ4n) is 2.96. The quantitative estimate of drug-likeness (QED) is 0.759. The van der Waals surface area contributed by atoms with Crippen molar-refractivity contribution in [2.75, 3.05) is 7.11 Å². The number of rotatable bonds is 2. The standard InChI is InChI=1S/C17H21FO2/c1-11-10-12(7-8-14(11)18)13-6-5-9-17(2,3)15(13)16(19)20-4/h6-8,10,15H,5,9H2,1-4H3. The van der Waals surface area contributed by atoms with E-state index in [-0.39, 0.29) is 23.1 Å². The van der Waals surface area contributed by atoms with Crippen molar-refractivity contribution in [3.8, 4) is 0 Å². The zero-order valence-corrected chi connectivity index (χ0v) is 12.5. The smallest absolute Gasteiger partial charge is 0.313 e. The lowest BCUT2D eigenvalue weighted by Crippen LogP contribution is -2.35. The molecular weight excluding hydrogens is 255 g/mol. The van der Waals surface area contributed by atoms with Crippen LogP contribution in [0.4, 0.5) is 4.39 Å². The van der Waals surface area contributed by atoms with E-state index in [4.69, 9.17) is 4.74 Å². The van der Waals surface area contributed by atoms with Crippen LogP contribution in [-0.2, 0) is 9.53 Å². The number of carbonyl (C=O) groups is 1. The van der Waals surface area contributed by atoms with Crippen molar-refractivity contribution in [2.45, 2.75) is 33.6 Å². The van der Waals surface area contributed by atoms with Gasteiger partial charge >= 0.3 is 5.97 Å². The van der Waals surface area contributed by atoms with E-state index in [0.29, 0.717) is 5.56 Å². The highest BCUT2D eigenvalue weighted by atomic mass is 19.1. The van der Waals surface area contributed by atoms with Crippen molar-refractivity contribution >= 4 is 11.5 Å². The Kier molecular flexibility index (Phi) is 3.98. The zero-order valence-electron chi connectivity index (χ0n) is 12.5. The fourth-order valence-corrected chi connectivity index (χ4v) is 2.96. The van der Waals surface area contributed by atoms with Crippen LogP contribution in [0.15, 0.2) is 24.3 Å². The number of carbonyl (C=O) groups excluding carboxylic acids is 1. The second-order valence-corrected chi connectivity index (χ2v) is 6.11. The number of aryl methyl sites for hydroxylation is 1. The first-order valence-electron chi connectivity index (χ1n) is 6.91. The Morgan fingerprint density at radius 2 is 2.10 bits per heavy atom. The van der Waals surface area contributed by atoms with Gasteiger partial charge in [-0.25, -0.2) is 4.39 Å². The molecule has 0 saturated heterocycles. The van der Waals surface area contributed by atoms with E-state index in [1.165, 1.54) is 13.2 Å². The van der Waals surface area contributed by atoms with Crippen LogP contribution in [0.5, 0.6) is 0 Å². The number of methoxy groups -OCH3 is 1. The summed E-state index contributed by atoms with van der Waals surface area (Å²) in [7, 11) is 1.42. The predicted octanol–water partition coefficient (Wildman–Crippen LogP) is 4.13. The van der Waals surface area contributed by atoms with Crippen molar-refractivity contribution in [1.82, 2.24) is 0 Å². The van der Waals surface area contributed by atoms with Gasteiger partial charge in [-0.3, -0.25) is 4.79 Å². The summed E-state index contributed by atoms with van der Waals surface area (Å²) >= 11 is 0. The number of allylic oxidation sites excluding steroid dienone is 1.